The van der Waals surface area contributed by atoms with Gasteiger partial charge in [-0.3, -0.25) is 0 Å². The SMILES string of the molecule is C#CCN(CCC)c1nccc(CNC)c1F. The van der Waals surface area contributed by atoms with E-state index >= 15 is 0 Å². The third-order valence-corrected chi connectivity index (χ3v) is 2.39. The lowest BCUT2D eigenvalue weighted by Gasteiger charge is -2.21. The van der Waals surface area contributed by atoms with Crippen molar-refractivity contribution < 1.29 is 4.39 Å². The number of aromatic nitrogens is 1. The lowest BCUT2D eigenvalue weighted by Crippen LogP contribution is -2.27. The second-order valence-electron chi connectivity index (χ2n) is 3.76. The fourth-order valence-electron chi connectivity index (χ4n) is 1.66. The summed E-state index contributed by atoms with van der Waals surface area (Å²) in [5, 5.41) is 2.93. The minimum absolute atomic E-state index is 0.287. The van der Waals surface area contributed by atoms with Crippen LogP contribution in [0, 0.1) is 18.2 Å². The van der Waals surface area contributed by atoms with Crippen molar-refractivity contribution in [2.24, 2.45) is 0 Å². The van der Waals surface area contributed by atoms with Gasteiger partial charge in [-0.1, -0.05) is 12.8 Å². The molecule has 0 aliphatic carbocycles. The maximum Gasteiger partial charge on any atom is 0.170 e. The first-order valence-electron chi connectivity index (χ1n) is 5.71. The van der Waals surface area contributed by atoms with Crippen LogP contribution in [0.15, 0.2) is 12.3 Å². The summed E-state index contributed by atoms with van der Waals surface area (Å²) in [5.41, 5.74) is 0.607. The molecule has 0 bridgehead atoms. The summed E-state index contributed by atoms with van der Waals surface area (Å²) in [7, 11) is 1.78. The zero-order valence-corrected chi connectivity index (χ0v) is 10.3. The van der Waals surface area contributed by atoms with Crippen LogP contribution in [-0.4, -0.2) is 25.1 Å². The molecule has 1 aromatic rings. The van der Waals surface area contributed by atoms with Crippen LogP contribution in [0.5, 0.6) is 0 Å². The Kier molecular flexibility index (Phi) is 5.44. The number of terminal acetylenes is 1. The monoisotopic (exact) mass is 235 g/mol. The molecule has 1 heterocycles. The van der Waals surface area contributed by atoms with Crippen molar-refractivity contribution in [3.05, 3.63) is 23.6 Å². The molecule has 1 rings (SSSR count). The van der Waals surface area contributed by atoms with Crippen LogP contribution in [0.3, 0.4) is 0 Å². The number of hydrogen-bond acceptors (Lipinski definition) is 3. The minimum Gasteiger partial charge on any atom is -0.343 e. The number of rotatable bonds is 6. The summed E-state index contributed by atoms with van der Waals surface area (Å²) in [6.07, 6.45) is 7.81. The molecular formula is C13H18FN3. The van der Waals surface area contributed by atoms with E-state index in [2.05, 4.69) is 16.2 Å². The van der Waals surface area contributed by atoms with Crippen molar-refractivity contribution >= 4 is 5.82 Å². The van der Waals surface area contributed by atoms with E-state index in [-0.39, 0.29) is 5.82 Å². The number of pyridine rings is 1. The Bertz CT molecular complexity index is 398. The molecule has 1 N–H and O–H groups in total. The molecule has 0 aliphatic rings. The quantitative estimate of drug-likeness (QED) is 0.762. The molecule has 0 saturated carbocycles. The maximum absolute atomic E-state index is 14.1. The van der Waals surface area contributed by atoms with Crippen LogP contribution in [0.1, 0.15) is 18.9 Å². The van der Waals surface area contributed by atoms with Crippen LogP contribution in [0.25, 0.3) is 0 Å². The van der Waals surface area contributed by atoms with E-state index in [1.54, 1.807) is 24.2 Å². The van der Waals surface area contributed by atoms with Crippen LogP contribution in [0.2, 0.25) is 0 Å². The van der Waals surface area contributed by atoms with Gasteiger partial charge in [-0.2, -0.15) is 0 Å². The first-order valence-corrected chi connectivity index (χ1v) is 5.71. The van der Waals surface area contributed by atoms with Gasteiger partial charge in [0.1, 0.15) is 0 Å². The van der Waals surface area contributed by atoms with Gasteiger partial charge in [0.2, 0.25) is 0 Å². The molecule has 0 atom stereocenters. The highest BCUT2D eigenvalue weighted by molar-refractivity contribution is 5.44. The van der Waals surface area contributed by atoms with Gasteiger partial charge in [0, 0.05) is 24.8 Å². The summed E-state index contributed by atoms with van der Waals surface area (Å²) >= 11 is 0. The van der Waals surface area contributed by atoms with Gasteiger partial charge in [-0.05, 0) is 19.5 Å². The van der Waals surface area contributed by atoms with Crippen LogP contribution >= 0.6 is 0 Å². The Hall–Kier alpha value is -1.60. The number of nitrogens with one attached hydrogen (secondary N) is 1. The topological polar surface area (TPSA) is 28.2 Å². The van der Waals surface area contributed by atoms with Crippen LogP contribution < -0.4 is 10.2 Å². The molecule has 4 heteroatoms. The largest absolute Gasteiger partial charge is 0.343 e. The molecule has 1 aromatic heterocycles. The predicted octanol–water partition coefficient (Wildman–Crippen LogP) is 1.79. The molecule has 0 unspecified atom stereocenters. The third kappa shape index (κ3) is 3.43. The van der Waals surface area contributed by atoms with E-state index in [4.69, 9.17) is 6.42 Å². The first-order chi connectivity index (χ1) is 8.24. The van der Waals surface area contributed by atoms with Crippen molar-refractivity contribution in [2.45, 2.75) is 19.9 Å². The van der Waals surface area contributed by atoms with E-state index in [0.717, 1.165) is 6.42 Å². The van der Waals surface area contributed by atoms with Crippen molar-refractivity contribution in [1.82, 2.24) is 10.3 Å². The van der Waals surface area contributed by atoms with Gasteiger partial charge in [0.05, 0.1) is 6.54 Å². The lowest BCUT2D eigenvalue weighted by atomic mass is 10.2. The van der Waals surface area contributed by atoms with E-state index in [0.29, 0.717) is 31.0 Å². The number of nitrogens with zero attached hydrogens (tertiary/aromatic N) is 2. The lowest BCUT2D eigenvalue weighted by molar-refractivity contribution is 0.587. The second kappa shape index (κ2) is 6.87. The zero-order valence-electron chi connectivity index (χ0n) is 10.3. The van der Waals surface area contributed by atoms with Gasteiger partial charge >= 0.3 is 0 Å². The highest BCUT2D eigenvalue weighted by Gasteiger charge is 2.14. The molecule has 92 valence electrons. The number of hydrogen-bond donors (Lipinski definition) is 1. The Morgan fingerprint density at radius 2 is 2.35 bits per heavy atom. The van der Waals surface area contributed by atoms with Crippen molar-refractivity contribution in [3.63, 3.8) is 0 Å². The first kappa shape index (κ1) is 13.5. The summed E-state index contributed by atoms with van der Waals surface area (Å²) in [6, 6.07) is 1.68. The van der Waals surface area contributed by atoms with Crippen molar-refractivity contribution in [3.8, 4) is 12.3 Å². The van der Waals surface area contributed by atoms with E-state index < -0.39 is 0 Å². The van der Waals surface area contributed by atoms with Crippen molar-refractivity contribution in [1.29, 1.82) is 0 Å². The average molecular weight is 235 g/mol. The maximum atomic E-state index is 14.1. The van der Waals surface area contributed by atoms with Gasteiger partial charge in [-0.25, -0.2) is 9.37 Å². The minimum atomic E-state index is -0.287. The molecule has 3 nitrogen and oxygen atoms in total. The highest BCUT2D eigenvalue weighted by Crippen LogP contribution is 2.19. The normalized spacial score (nSPS) is 10.0. The molecular weight excluding hydrogens is 217 g/mol. The second-order valence-corrected chi connectivity index (χ2v) is 3.76. The predicted molar refractivity (Wildman–Crippen MR) is 68.3 cm³/mol. The highest BCUT2D eigenvalue weighted by atomic mass is 19.1. The standard InChI is InChI=1S/C13H18FN3/c1-4-8-17(9-5-2)13-12(14)11(10-15-3)6-7-16-13/h1,6-7,15H,5,8-10H2,2-3H3. The molecule has 0 saturated heterocycles. The molecule has 17 heavy (non-hydrogen) atoms. The molecule has 0 amide bonds. The summed E-state index contributed by atoms with van der Waals surface area (Å²) in [6.45, 7) is 3.59. The number of halogens is 1. The van der Waals surface area contributed by atoms with E-state index in [1.807, 2.05) is 6.92 Å². The third-order valence-electron chi connectivity index (χ3n) is 2.39. The van der Waals surface area contributed by atoms with Gasteiger partial charge in [-0.15, -0.1) is 6.42 Å². The Morgan fingerprint density at radius 3 is 2.94 bits per heavy atom. The van der Waals surface area contributed by atoms with Gasteiger partial charge in [0.25, 0.3) is 0 Å². The fourth-order valence-corrected chi connectivity index (χ4v) is 1.66. The summed E-state index contributed by atoms with van der Waals surface area (Å²) in [4.78, 5) is 5.87. The van der Waals surface area contributed by atoms with Crippen molar-refractivity contribution in [2.75, 3.05) is 25.0 Å². The molecule has 0 spiro atoms. The van der Waals surface area contributed by atoms with Crippen LogP contribution in [0.4, 0.5) is 10.2 Å². The zero-order chi connectivity index (χ0) is 12.7. The Balaban J connectivity index is 3.02. The summed E-state index contributed by atoms with van der Waals surface area (Å²) in [5.74, 6) is 2.59. The average Bonchev–Trinajstić information content (AvgIpc) is 2.32. The van der Waals surface area contributed by atoms with E-state index in [9.17, 15) is 4.39 Å². The van der Waals surface area contributed by atoms with Gasteiger partial charge in [0.15, 0.2) is 11.6 Å². The number of anilines is 1. The molecule has 0 radical (unpaired) electrons. The smallest absolute Gasteiger partial charge is 0.170 e. The summed E-state index contributed by atoms with van der Waals surface area (Å²) < 4.78 is 14.1. The Morgan fingerprint density at radius 1 is 1.59 bits per heavy atom. The van der Waals surface area contributed by atoms with E-state index in [1.165, 1.54) is 0 Å². The Labute approximate surface area is 102 Å². The van der Waals surface area contributed by atoms with Crippen LogP contribution in [-0.2, 0) is 6.54 Å². The molecule has 0 aliphatic heterocycles. The fraction of sp³-hybridized carbons (Fsp3) is 0.462. The molecule has 0 aromatic carbocycles. The van der Waals surface area contributed by atoms with Gasteiger partial charge < -0.3 is 10.2 Å². The molecule has 0 fully saturated rings.